The van der Waals surface area contributed by atoms with Crippen molar-refractivity contribution < 1.29 is 0 Å². The van der Waals surface area contributed by atoms with Crippen LogP contribution in [0, 0.1) is 0 Å². The minimum Gasteiger partial charge on any atom is -0.293 e. The maximum atomic E-state index is 4.84. The van der Waals surface area contributed by atoms with E-state index in [1.54, 1.807) is 0 Å². The molecule has 0 spiro atoms. The lowest BCUT2D eigenvalue weighted by Gasteiger charge is -2.27. The molecule has 0 aliphatic carbocycles. The Morgan fingerprint density at radius 1 is 0.524 bits per heavy atom. The van der Waals surface area contributed by atoms with E-state index >= 15 is 0 Å². The molecule has 3 heterocycles. The smallest absolute Gasteiger partial charge is 0.137 e. The number of pyridine rings is 2. The molecule has 3 aromatic heterocycles. The first-order valence-corrected chi connectivity index (χ1v) is 14.3. The highest BCUT2D eigenvalue weighted by atomic mass is 15.1. The fourth-order valence-corrected chi connectivity index (χ4v) is 5.93. The van der Waals surface area contributed by atoms with Crippen LogP contribution < -0.4 is 0 Å². The molecule has 0 atom stereocenters. The van der Waals surface area contributed by atoms with Crippen molar-refractivity contribution in [2.24, 2.45) is 0 Å². The zero-order chi connectivity index (χ0) is 28.5. The highest BCUT2D eigenvalue weighted by Crippen LogP contribution is 2.44. The summed E-state index contributed by atoms with van der Waals surface area (Å²) < 4.78 is 2.33. The van der Waals surface area contributed by atoms with Crippen molar-refractivity contribution in [1.82, 2.24) is 14.5 Å². The van der Waals surface area contributed by atoms with Gasteiger partial charge in [-0.25, -0.2) is 4.98 Å². The van der Waals surface area contributed by atoms with Crippen LogP contribution in [0.15, 0.2) is 152 Å². The zero-order valence-electron chi connectivity index (χ0n) is 23.8. The zero-order valence-corrected chi connectivity index (χ0v) is 23.8. The van der Waals surface area contributed by atoms with E-state index in [4.69, 9.17) is 4.98 Å². The fourth-order valence-electron chi connectivity index (χ4n) is 5.93. The second-order valence-electron chi connectivity index (χ2n) is 11.1. The van der Waals surface area contributed by atoms with Gasteiger partial charge in [-0.3, -0.25) is 9.55 Å². The van der Waals surface area contributed by atoms with E-state index in [1.165, 1.54) is 27.6 Å². The maximum absolute atomic E-state index is 4.84. The molecule has 0 bridgehead atoms. The summed E-state index contributed by atoms with van der Waals surface area (Å²) in [5.41, 5.74) is 10.2. The molecule has 0 saturated carbocycles. The number of fused-ring (bicyclic) bond motifs is 1. The molecule has 4 aromatic carbocycles. The van der Waals surface area contributed by atoms with Gasteiger partial charge < -0.3 is 0 Å². The van der Waals surface area contributed by atoms with Crippen LogP contribution in [0.2, 0.25) is 0 Å². The summed E-state index contributed by atoms with van der Waals surface area (Å²) in [5, 5.41) is 1.20. The largest absolute Gasteiger partial charge is 0.293 e. The first kappa shape index (κ1) is 25.7. The van der Waals surface area contributed by atoms with Gasteiger partial charge in [-0.05, 0) is 58.7 Å². The number of hydrogen-bond acceptors (Lipinski definition) is 2. The number of rotatable bonds is 6. The molecule has 0 aliphatic rings. The van der Waals surface area contributed by atoms with Crippen molar-refractivity contribution in [3.05, 3.63) is 163 Å². The molecule has 3 heteroatoms. The molecule has 202 valence electrons. The lowest BCUT2D eigenvalue weighted by atomic mass is 9.77. The van der Waals surface area contributed by atoms with Crippen LogP contribution in [0.4, 0.5) is 0 Å². The summed E-state index contributed by atoms with van der Waals surface area (Å²) in [5.74, 6) is 0.899. The van der Waals surface area contributed by atoms with Gasteiger partial charge in [0.25, 0.3) is 0 Å². The first-order valence-electron chi connectivity index (χ1n) is 14.3. The third-order valence-electron chi connectivity index (χ3n) is 8.22. The molecule has 7 aromatic rings. The summed E-state index contributed by atoms with van der Waals surface area (Å²) in [6.07, 6.45) is 3.72. The third-order valence-corrected chi connectivity index (χ3v) is 8.22. The third kappa shape index (κ3) is 4.49. The first-order chi connectivity index (χ1) is 20.6. The van der Waals surface area contributed by atoms with E-state index in [-0.39, 0.29) is 5.41 Å². The van der Waals surface area contributed by atoms with Crippen LogP contribution in [0.5, 0.6) is 0 Å². The molecule has 7 rings (SSSR count). The molecule has 0 N–H and O–H groups in total. The van der Waals surface area contributed by atoms with Crippen molar-refractivity contribution >= 4 is 10.9 Å². The Morgan fingerprint density at radius 2 is 1.17 bits per heavy atom. The molecule has 0 fully saturated rings. The van der Waals surface area contributed by atoms with Crippen molar-refractivity contribution in [1.29, 1.82) is 0 Å². The van der Waals surface area contributed by atoms with Gasteiger partial charge in [-0.1, -0.05) is 117 Å². The predicted molar refractivity (Wildman–Crippen MR) is 174 cm³/mol. The lowest BCUT2D eigenvalue weighted by Crippen LogP contribution is -2.19. The van der Waals surface area contributed by atoms with Crippen LogP contribution in [0.3, 0.4) is 0 Å². The average Bonchev–Trinajstić information content (AvgIpc) is 3.41. The van der Waals surface area contributed by atoms with Crippen LogP contribution >= 0.6 is 0 Å². The Morgan fingerprint density at radius 3 is 1.86 bits per heavy atom. The Hall–Kier alpha value is -5.28. The molecular formula is C39H31N3. The van der Waals surface area contributed by atoms with Crippen LogP contribution in [-0.4, -0.2) is 14.5 Å². The predicted octanol–water partition coefficient (Wildman–Crippen LogP) is 9.75. The lowest BCUT2D eigenvalue weighted by molar-refractivity contribution is 0.642. The Balaban J connectivity index is 1.49. The van der Waals surface area contributed by atoms with Crippen molar-refractivity contribution in [2.45, 2.75) is 19.3 Å². The van der Waals surface area contributed by atoms with Gasteiger partial charge in [0.05, 0.1) is 16.9 Å². The minimum absolute atomic E-state index is 0.252. The molecule has 0 radical (unpaired) electrons. The summed E-state index contributed by atoms with van der Waals surface area (Å²) in [6, 6.07) is 49.2. The molecule has 0 saturated heterocycles. The average molecular weight is 542 g/mol. The molecule has 3 nitrogen and oxygen atoms in total. The van der Waals surface area contributed by atoms with Crippen LogP contribution in [-0.2, 0) is 5.41 Å². The van der Waals surface area contributed by atoms with Gasteiger partial charge >= 0.3 is 0 Å². The second-order valence-corrected chi connectivity index (χ2v) is 11.1. The van der Waals surface area contributed by atoms with E-state index in [0.29, 0.717) is 0 Å². The van der Waals surface area contributed by atoms with Crippen LogP contribution in [0.25, 0.3) is 50.4 Å². The van der Waals surface area contributed by atoms with Gasteiger partial charge in [0.15, 0.2) is 0 Å². The van der Waals surface area contributed by atoms with Gasteiger partial charge in [-0.2, -0.15) is 0 Å². The molecule has 42 heavy (non-hydrogen) atoms. The quantitative estimate of drug-likeness (QED) is 0.210. The summed E-state index contributed by atoms with van der Waals surface area (Å²) >= 11 is 0. The topological polar surface area (TPSA) is 30.7 Å². The van der Waals surface area contributed by atoms with Crippen molar-refractivity contribution in [3.8, 4) is 39.5 Å². The van der Waals surface area contributed by atoms with E-state index in [1.807, 2.05) is 30.6 Å². The Bertz CT molecular complexity index is 1970. The highest BCUT2D eigenvalue weighted by Gasteiger charge is 2.27. The normalized spacial score (nSPS) is 11.6. The van der Waals surface area contributed by atoms with Crippen LogP contribution in [0.1, 0.15) is 25.0 Å². The number of aromatic nitrogens is 3. The Kier molecular flexibility index (Phi) is 6.48. The van der Waals surface area contributed by atoms with Crippen molar-refractivity contribution in [3.63, 3.8) is 0 Å². The maximum Gasteiger partial charge on any atom is 0.137 e. The summed E-state index contributed by atoms with van der Waals surface area (Å²) in [7, 11) is 0. The SMILES string of the molecule is CC(C)(c1cccc(-c2ccccn2)c1)c1ccc2c(-c3ccccc3)c(-c3ccccc3)n(-c3ccccn3)c2c1. The molecule has 0 unspecified atom stereocenters. The van der Waals surface area contributed by atoms with Crippen molar-refractivity contribution in [2.75, 3.05) is 0 Å². The Labute approximate surface area is 246 Å². The monoisotopic (exact) mass is 541 g/mol. The molecular weight excluding hydrogens is 510 g/mol. The van der Waals surface area contributed by atoms with E-state index < -0.39 is 0 Å². The molecule has 0 aliphatic heterocycles. The number of nitrogens with zero attached hydrogens (tertiary/aromatic N) is 3. The number of benzene rings is 4. The molecule has 0 amide bonds. The van der Waals surface area contributed by atoms with Gasteiger partial charge in [0, 0.05) is 34.3 Å². The summed E-state index contributed by atoms with van der Waals surface area (Å²) in [6.45, 7) is 4.60. The van der Waals surface area contributed by atoms with E-state index in [0.717, 1.165) is 33.8 Å². The number of hydrogen-bond donors (Lipinski definition) is 0. The van der Waals surface area contributed by atoms with Gasteiger partial charge in [-0.15, -0.1) is 0 Å². The van der Waals surface area contributed by atoms with E-state index in [9.17, 15) is 0 Å². The second kappa shape index (κ2) is 10.6. The summed E-state index contributed by atoms with van der Waals surface area (Å²) in [4.78, 5) is 9.43. The minimum atomic E-state index is -0.252. The van der Waals surface area contributed by atoms with Gasteiger partial charge in [0.1, 0.15) is 5.82 Å². The van der Waals surface area contributed by atoms with Gasteiger partial charge in [0.2, 0.25) is 0 Å². The standard InChI is InChI=1S/C39H31N3/c1-39(2,31-19-13-18-30(26-31)34-20-9-11-24-40-34)32-22-23-33-35(27-32)42(36-21-10-12-25-41-36)38(29-16-7-4-8-17-29)37(33)28-14-5-3-6-15-28/h3-27H,1-2H3. The van der Waals surface area contributed by atoms with E-state index in [2.05, 4.69) is 145 Å². The fraction of sp³-hybridized carbons (Fsp3) is 0.0769. The highest BCUT2D eigenvalue weighted by molar-refractivity contribution is 6.06.